The van der Waals surface area contributed by atoms with E-state index in [2.05, 4.69) is 0 Å². The second kappa shape index (κ2) is 5.30. The summed E-state index contributed by atoms with van der Waals surface area (Å²) in [5.41, 5.74) is 1.00. The van der Waals surface area contributed by atoms with Crippen LogP contribution in [0.5, 0.6) is 0 Å². The number of unbranched alkanes of at least 4 members (excludes halogenated alkanes) is 1. The molecule has 0 saturated carbocycles. The largest absolute Gasteiger partial charge is 0.396 e. The Morgan fingerprint density at radius 3 is 2.74 bits per heavy atom. The first-order valence-electron chi connectivity index (χ1n) is 6.06. The molecule has 0 unspecified atom stereocenters. The fourth-order valence-electron chi connectivity index (χ4n) is 2.09. The fraction of sp³-hybridized carbons (Fsp3) is 0.385. The van der Waals surface area contributed by atoms with Crippen LogP contribution in [0.4, 0.5) is 4.39 Å². The number of allylic oxidation sites excluding steroid dienone is 1. The van der Waals surface area contributed by atoms with Crippen molar-refractivity contribution in [2.45, 2.75) is 24.2 Å². The second-order valence-electron chi connectivity index (χ2n) is 4.47. The highest BCUT2D eigenvalue weighted by Crippen LogP contribution is 2.32. The van der Waals surface area contributed by atoms with Crippen molar-refractivity contribution in [1.82, 2.24) is 4.31 Å². The summed E-state index contributed by atoms with van der Waals surface area (Å²) in [4.78, 5) is 0.127. The summed E-state index contributed by atoms with van der Waals surface area (Å²) in [6.45, 7) is 0.0783. The van der Waals surface area contributed by atoms with Gasteiger partial charge in [-0.15, -0.1) is 0 Å². The van der Waals surface area contributed by atoms with Gasteiger partial charge in [-0.05, 0) is 49.1 Å². The minimum absolute atomic E-state index is 0.0783. The molecule has 1 aliphatic rings. The molecule has 0 bridgehead atoms. The highest BCUT2D eigenvalue weighted by molar-refractivity contribution is 7.89. The van der Waals surface area contributed by atoms with Gasteiger partial charge in [0.1, 0.15) is 5.82 Å². The van der Waals surface area contributed by atoms with Crippen LogP contribution in [0.15, 0.2) is 28.8 Å². The standard InChI is InChI=1S/C13H16FNO3S/c1-15-12(4-2-3-7-16)9-10-8-11(14)5-6-13(10)19(15,17)18/h5-6,8-9,16H,2-4,7H2,1H3. The third kappa shape index (κ3) is 2.64. The maximum absolute atomic E-state index is 13.2. The molecule has 1 aliphatic heterocycles. The summed E-state index contributed by atoms with van der Waals surface area (Å²) in [6, 6.07) is 3.66. The number of aliphatic hydroxyl groups excluding tert-OH is 1. The molecule has 0 saturated heterocycles. The van der Waals surface area contributed by atoms with E-state index in [0.29, 0.717) is 30.5 Å². The Bertz CT molecular complexity index is 610. The lowest BCUT2D eigenvalue weighted by Crippen LogP contribution is -2.29. The molecule has 0 radical (unpaired) electrons. The zero-order valence-electron chi connectivity index (χ0n) is 10.6. The topological polar surface area (TPSA) is 57.6 Å². The average molecular weight is 285 g/mol. The number of halogens is 1. The van der Waals surface area contributed by atoms with E-state index in [1.54, 1.807) is 6.08 Å². The molecule has 0 aromatic heterocycles. The third-order valence-electron chi connectivity index (χ3n) is 3.18. The Hall–Kier alpha value is -1.40. The van der Waals surface area contributed by atoms with Crippen LogP contribution in [0.25, 0.3) is 6.08 Å². The van der Waals surface area contributed by atoms with Gasteiger partial charge in [0.2, 0.25) is 0 Å². The molecule has 2 rings (SSSR count). The van der Waals surface area contributed by atoms with E-state index >= 15 is 0 Å². The fourth-order valence-corrected chi connectivity index (χ4v) is 3.49. The Morgan fingerprint density at radius 2 is 2.05 bits per heavy atom. The quantitative estimate of drug-likeness (QED) is 0.860. The summed E-state index contributed by atoms with van der Waals surface area (Å²) >= 11 is 0. The van der Waals surface area contributed by atoms with Crippen molar-refractivity contribution in [3.05, 3.63) is 35.3 Å². The molecule has 1 heterocycles. The van der Waals surface area contributed by atoms with E-state index in [1.807, 2.05) is 0 Å². The number of hydrogen-bond acceptors (Lipinski definition) is 3. The SMILES string of the molecule is CN1C(CCCCO)=Cc2cc(F)ccc2S1(=O)=O. The van der Waals surface area contributed by atoms with Crippen molar-refractivity contribution in [1.29, 1.82) is 0 Å². The Labute approximate surface area is 112 Å². The number of rotatable bonds is 4. The van der Waals surface area contributed by atoms with Crippen LogP contribution in [0, 0.1) is 5.82 Å². The van der Waals surface area contributed by atoms with Crippen LogP contribution in [-0.4, -0.2) is 31.5 Å². The van der Waals surface area contributed by atoms with Crippen LogP contribution in [-0.2, 0) is 10.0 Å². The Kier molecular flexibility index (Phi) is 3.91. The van der Waals surface area contributed by atoms with E-state index in [0.717, 1.165) is 6.07 Å². The van der Waals surface area contributed by atoms with Gasteiger partial charge in [0.05, 0.1) is 4.90 Å². The lowest BCUT2D eigenvalue weighted by Gasteiger charge is -2.27. The monoisotopic (exact) mass is 285 g/mol. The molecule has 104 valence electrons. The van der Waals surface area contributed by atoms with Gasteiger partial charge >= 0.3 is 0 Å². The first kappa shape index (κ1) is 14.0. The van der Waals surface area contributed by atoms with Gasteiger partial charge in [0, 0.05) is 19.4 Å². The van der Waals surface area contributed by atoms with Gasteiger partial charge in [0.15, 0.2) is 0 Å². The highest BCUT2D eigenvalue weighted by Gasteiger charge is 2.29. The van der Waals surface area contributed by atoms with Crippen LogP contribution < -0.4 is 0 Å². The molecule has 0 amide bonds. The van der Waals surface area contributed by atoms with Gasteiger partial charge in [-0.3, -0.25) is 4.31 Å². The Morgan fingerprint density at radius 1 is 1.32 bits per heavy atom. The maximum atomic E-state index is 13.2. The van der Waals surface area contributed by atoms with E-state index in [1.165, 1.54) is 23.5 Å². The minimum Gasteiger partial charge on any atom is -0.396 e. The molecule has 0 spiro atoms. The number of aliphatic hydroxyl groups is 1. The predicted molar refractivity (Wildman–Crippen MR) is 70.3 cm³/mol. The summed E-state index contributed by atoms with van der Waals surface area (Å²) in [5.74, 6) is -0.454. The summed E-state index contributed by atoms with van der Waals surface area (Å²) in [7, 11) is -2.10. The van der Waals surface area contributed by atoms with Crippen molar-refractivity contribution in [2.75, 3.05) is 13.7 Å². The number of hydrogen-bond donors (Lipinski definition) is 1. The van der Waals surface area contributed by atoms with Gasteiger partial charge < -0.3 is 5.11 Å². The molecular weight excluding hydrogens is 269 g/mol. The minimum atomic E-state index is -3.59. The van der Waals surface area contributed by atoms with Gasteiger partial charge in [0.25, 0.3) is 10.0 Å². The van der Waals surface area contributed by atoms with Crippen molar-refractivity contribution in [3.8, 4) is 0 Å². The Balaban J connectivity index is 2.41. The first-order valence-corrected chi connectivity index (χ1v) is 7.51. The van der Waals surface area contributed by atoms with Gasteiger partial charge in [-0.2, -0.15) is 0 Å². The smallest absolute Gasteiger partial charge is 0.264 e. The molecular formula is C13H16FNO3S. The second-order valence-corrected chi connectivity index (χ2v) is 6.41. The molecule has 1 aromatic rings. The van der Waals surface area contributed by atoms with Crippen molar-refractivity contribution in [2.24, 2.45) is 0 Å². The predicted octanol–water partition coefficient (Wildman–Crippen LogP) is 1.96. The number of nitrogens with zero attached hydrogens (tertiary/aromatic N) is 1. The zero-order valence-corrected chi connectivity index (χ0v) is 11.5. The van der Waals surface area contributed by atoms with Crippen molar-refractivity contribution in [3.63, 3.8) is 0 Å². The molecule has 0 atom stereocenters. The van der Waals surface area contributed by atoms with Crippen LogP contribution in [0.1, 0.15) is 24.8 Å². The summed E-state index contributed by atoms with van der Waals surface area (Å²) in [5, 5.41) is 8.76. The molecule has 4 nitrogen and oxygen atoms in total. The third-order valence-corrected chi connectivity index (χ3v) is 5.06. The molecule has 1 N–H and O–H groups in total. The maximum Gasteiger partial charge on any atom is 0.264 e. The van der Waals surface area contributed by atoms with E-state index in [4.69, 9.17) is 5.11 Å². The van der Waals surface area contributed by atoms with Crippen molar-refractivity contribution >= 4 is 16.1 Å². The molecule has 1 aromatic carbocycles. The number of benzene rings is 1. The summed E-state index contributed by atoms with van der Waals surface area (Å²) in [6.07, 6.45) is 3.52. The van der Waals surface area contributed by atoms with E-state index in [-0.39, 0.29) is 11.5 Å². The molecule has 6 heteroatoms. The van der Waals surface area contributed by atoms with Crippen molar-refractivity contribution < 1.29 is 17.9 Å². The highest BCUT2D eigenvalue weighted by atomic mass is 32.2. The van der Waals surface area contributed by atoms with Gasteiger partial charge in [-0.25, -0.2) is 12.8 Å². The molecule has 0 aliphatic carbocycles. The average Bonchev–Trinajstić information content (AvgIpc) is 2.35. The van der Waals surface area contributed by atoms with E-state index in [9.17, 15) is 12.8 Å². The number of fused-ring (bicyclic) bond motifs is 1. The normalized spacial score (nSPS) is 17.0. The molecule has 19 heavy (non-hydrogen) atoms. The lowest BCUT2D eigenvalue weighted by atomic mass is 10.1. The van der Waals surface area contributed by atoms with Crippen LogP contribution in [0.3, 0.4) is 0 Å². The van der Waals surface area contributed by atoms with Crippen LogP contribution in [0.2, 0.25) is 0 Å². The summed E-state index contributed by atoms with van der Waals surface area (Å²) < 4.78 is 39.0. The van der Waals surface area contributed by atoms with Crippen LogP contribution >= 0.6 is 0 Å². The van der Waals surface area contributed by atoms with Gasteiger partial charge in [-0.1, -0.05) is 0 Å². The number of sulfonamides is 1. The lowest BCUT2D eigenvalue weighted by molar-refractivity contribution is 0.283. The zero-order chi connectivity index (χ0) is 14.0. The molecule has 0 fully saturated rings. The first-order chi connectivity index (χ1) is 8.96. The van der Waals surface area contributed by atoms with E-state index < -0.39 is 15.8 Å².